The summed E-state index contributed by atoms with van der Waals surface area (Å²) >= 11 is 1.03. The molecular weight excluding hydrogens is 463 g/mol. The van der Waals surface area contributed by atoms with Gasteiger partial charge < -0.3 is 15.4 Å². The quantitative estimate of drug-likeness (QED) is 0.220. The molecule has 184 valence electrons. The molecule has 0 aromatic rings. The average Bonchev–Trinajstić information content (AvgIpc) is 2.72. The number of phosphoric acid groups is 1. The summed E-state index contributed by atoms with van der Waals surface area (Å²) in [5.74, 6) is -0.839. The van der Waals surface area contributed by atoms with Gasteiger partial charge in [0, 0.05) is 37.1 Å². The van der Waals surface area contributed by atoms with Crippen LogP contribution >= 0.6 is 19.6 Å². The van der Waals surface area contributed by atoms with Crippen LogP contribution in [-0.2, 0) is 42.1 Å². The molecule has 32 heavy (non-hydrogen) atoms. The fraction of sp³-hybridized carbons (Fsp3) is 0.789. The number of rotatable bonds is 13. The Morgan fingerprint density at radius 2 is 1.78 bits per heavy atom. The third-order valence-electron chi connectivity index (χ3n) is 4.24. The first-order valence-corrected chi connectivity index (χ1v) is 12.9. The van der Waals surface area contributed by atoms with Crippen molar-refractivity contribution < 1.29 is 42.1 Å². The molecule has 0 saturated carbocycles. The van der Waals surface area contributed by atoms with Gasteiger partial charge >= 0.3 is 13.8 Å². The zero-order valence-corrected chi connectivity index (χ0v) is 20.7. The summed E-state index contributed by atoms with van der Waals surface area (Å²) in [4.78, 5) is 47.3. The van der Waals surface area contributed by atoms with Gasteiger partial charge in [0.2, 0.25) is 11.8 Å². The van der Waals surface area contributed by atoms with Crippen LogP contribution in [0.15, 0.2) is 0 Å². The van der Waals surface area contributed by atoms with Crippen LogP contribution in [-0.4, -0.2) is 67.7 Å². The van der Waals surface area contributed by atoms with E-state index in [4.69, 9.17) is 18.3 Å². The number of esters is 1. The molecule has 1 rings (SSSR count). The van der Waals surface area contributed by atoms with Gasteiger partial charge in [-0.15, -0.1) is 0 Å². The molecule has 0 aromatic heterocycles. The molecule has 1 saturated heterocycles. The Labute approximate surface area is 192 Å². The van der Waals surface area contributed by atoms with E-state index in [2.05, 4.69) is 10.6 Å². The Morgan fingerprint density at radius 1 is 1.06 bits per heavy atom. The second kappa shape index (κ2) is 13.9. The standard InChI is InChI=1S/C19H33N2O9PS/c1-5-27-15(23)7-8-16(24)32-12-11-20-14(22)9-10-21-18(25)17-19(3,4)13-29-31(26,30-17)28-6-2/h17H,5-13H2,1-4H3,(H,20,22)(H,21,25)/t17-,31?/m0/s1. The van der Waals surface area contributed by atoms with Crippen LogP contribution in [0.25, 0.3) is 0 Å². The highest BCUT2D eigenvalue weighted by Crippen LogP contribution is 2.57. The van der Waals surface area contributed by atoms with Crippen molar-refractivity contribution in [1.82, 2.24) is 10.6 Å². The Kier molecular flexibility index (Phi) is 12.5. The third-order valence-corrected chi connectivity index (χ3v) is 6.66. The number of thioether (sulfide) groups is 1. The van der Waals surface area contributed by atoms with Crippen molar-refractivity contribution in [1.29, 1.82) is 0 Å². The van der Waals surface area contributed by atoms with Crippen molar-refractivity contribution >= 4 is 42.5 Å². The Bertz CT molecular complexity index is 717. The first-order valence-electron chi connectivity index (χ1n) is 10.5. The van der Waals surface area contributed by atoms with Crippen molar-refractivity contribution in [2.75, 3.05) is 38.7 Å². The van der Waals surface area contributed by atoms with E-state index in [0.29, 0.717) is 5.75 Å². The first-order chi connectivity index (χ1) is 15.0. The molecule has 13 heteroatoms. The third kappa shape index (κ3) is 10.4. The van der Waals surface area contributed by atoms with Crippen molar-refractivity contribution in [2.24, 2.45) is 5.41 Å². The number of hydrogen-bond donors (Lipinski definition) is 2. The smallest absolute Gasteiger partial charge is 0.466 e. The molecule has 0 aromatic carbocycles. The summed E-state index contributed by atoms with van der Waals surface area (Å²) in [5, 5.41) is 5.11. The highest BCUT2D eigenvalue weighted by molar-refractivity contribution is 8.13. The lowest BCUT2D eigenvalue weighted by atomic mass is 9.87. The molecule has 0 radical (unpaired) electrons. The molecule has 1 unspecified atom stereocenters. The minimum Gasteiger partial charge on any atom is -0.466 e. The van der Waals surface area contributed by atoms with Gasteiger partial charge in [-0.05, 0) is 13.8 Å². The van der Waals surface area contributed by atoms with Crippen LogP contribution in [0.4, 0.5) is 0 Å². The second-order valence-corrected chi connectivity index (χ2v) is 10.3. The van der Waals surface area contributed by atoms with Crippen LogP contribution < -0.4 is 10.6 Å². The van der Waals surface area contributed by atoms with Crippen LogP contribution in [0.5, 0.6) is 0 Å². The summed E-state index contributed by atoms with van der Waals surface area (Å²) in [6, 6.07) is 0. The van der Waals surface area contributed by atoms with E-state index < -0.39 is 31.2 Å². The maximum Gasteiger partial charge on any atom is 0.475 e. The highest BCUT2D eigenvalue weighted by Gasteiger charge is 2.48. The Hall–Kier alpha value is -1.46. The lowest BCUT2D eigenvalue weighted by molar-refractivity contribution is -0.144. The van der Waals surface area contributed by atoms with Crippen LogP contribution in [0.2, 0.25) is 0 Å². The minimum atomic E-state index is -3.79. The van der Waals surface area contributed by atoms with Gasteiger partial charge in [0.05, 0.1) is 26.2 Å². The van der Waals surface area contributed by atoms with Gasteiger partial charge in [-0.2, -0.15) is 0 Å². The maximum absolute atomic E-state index is 12.5. The largest absolute Gasteiger partial charge is 0.475 e. The number of amides is 2. The monoisotopic (exact) mass is 496 g/mol. The molecule has 0 aliphatic carbocycles. The molecular formula is C19H33N2O9PS. The van der Waals surface area contributed by atoms with E-state index in [1.807, 2.05) is 0 Å². The minimum absolute atomic E-state index is 0.0268. The van der Waals surface area contributed by atoms with Crippen molar-refractivity contribution in [3.8, 4) is 0 Å². The van der Waals surface area contributed by atoms with Gasteiger partial charge in [-0.3, -0.25) is 32.7 Å². The van der Waals surface area contributed by atoms with E-state index in [1.54, 1.807) is 27.7 Å². The van der Waals surface area contributed by atoms with Crippen molar-refractivity contribution in [2.45, 2.75) is 53.1 Å². The van der Waals surface area contributed by atoms with E-state index in [1.165, 1.54) is 0 Å². The van der Waals surface area contributed by atoms with E-state index >= 15 is 0 Å². The normalized spacial score (nSPS) is 22.1. The Morgan fingerprint density at radius 3 is 2.44 bits per heavy atom. The van der Waals surface area contributed by atoms with E-state index in [0.717, 1.165) is 11.8 Å². The van der Waals surface area contributed by atoms with Crippen LogP contribution in [0, 0.1) is 5.41 Å². The number of ether oxygens (including phenoxy) is 1. The molecule has 2 atom stereocenters. The first kappa shape index (κ1) is 28.6. The van der Waals surface area contributed by atoms with Crippen molar-refractivity contribution in [3.05, 3.63) is 0 Å². The molecule has 1 heterocycles. The predicted molar refractivity (Wildman–Crippen MR) is 118 cm³/mol. The molecule has 2 N–H and O–H groups in total. The predicted octanol–water partition coefficient (Wildman–Crippen LogP) is 1.80. The number of hydrogen-bond acceptors (Lipinski definition) is 10. The molecule has 2 amide bonds. The summed E-state index contributed by atoms with van der Waals surface area (Å²) < 4.78 is 32.6. The van der Waals surface area contributed by atoms with Gasteiger partial charge in [0.25, 0.3) is 0 Å². The van der Waals surface area contributed by atoms with Gasteiger partial charge in [0.1, 0.15) is 0 Å². The Balaban J connectivity index is 2.26. The molecule has 0 bridgehead atoms. The van der Waals surface area contributed by atoms with Gasteiger partial charge in [0.15, 0.2) is 11.2 Å². The molecule has 1 fully saturated rings. The zero-order chi connectivity index (χ0) is 24.2. The number of carbonyl (C=O) groups excluding carboxylic acids is 4. The summed E-state index contributed by atoms with van der Waals surface area (Å²) in [6.07, 6.45) is -0.891. The average molecular weight is 497 g/mol. The topological polar surface area (TPSA) is 146 Å². The molecule has 1 aliphatic heterocycles. The van der Waals surface area contributed by atoms with Gasteiger partial charge in [-0.1, -0.05) is 25.6 Å². The fourth-order valence-corrected chi connectivity index (χ4v) is 4.92. The van der Waals surface area contributed by atoms with E-state index in [9.17, 15) is 23.7 Å². The number of nitrogens with one attached hydrogen (secondary N) is 2. The van der Waals surface area contributed by atoms with Crippen LogP contribution in [0.3, 0.4) is 0 Å². The number of carbonyl (C=O) groups is 4. The van der Waals surface area contributed by atoms with Gasteiger partial charge in [-0.25, -0.2) is 4.57 Å². The maximum atomic E-state index is 12.5. The fourth-order valence-electron chi connectivity index (χ4n) is 2.60. The van der Waals surface area contributed by atoms with E-state index in [-0.39, 0.29) is 63.2 Å². The second-order valence-electron chi connectivity index (χ2n) is 7.53. The zero-order valence-electron chi connectivity index (χ0n) is 19.0. The van der Waals surface area contributed by atoms with Crippen molar-refractivity contribution in [3.63, 3.8) is 0 Å². The lowest BCUT2D eigenvalue weighted by Gasteiger charge is -2.39. The molecule has 1 aliphatic rings. The summed E-state index contributed by atoms with van der Waals surface area (Å²) in [6.45, 7) is 7.57. The number of phosphoric ester groups is 1. The molecule has 11 nitrogen and oxygen atoms in total. The molecule has 0 spiro atoms. The SMILES string of the molecule is CCOC(=O)CCC(=O)SCCNC(=O)CCNC(=O)[C@@H]1OP(=O)(OCC)OCC1(C)C. The summed E-state index contributed by atoms with van der Waals surface area (Å²) in [5.41, 5.74) is -0.728. The summed E-state index contributed by atoms with van der Waals surface area (Å²) in [7, 11) is -3.79. The lowest BCUT2D eigenvalue weighted by Crippen LogP contribution is -2.50. The highest BCUT2D eigenvalue weighted by atomic mass is 32.2. The van der Waals surface area contributed by atoms with Crippen LogP contribution in [0.1, 0.15) is 47.0 Å².